The van der Waals surface area contributed by atoms with Crippen LogP contribution in [0.4, 0.5) is 10.4 Å². The van der Waals surface area contributed by atoms with Gasteiger partial charge in [0.1, 0.15) is 17.6 Å². The highest BCUT2D eigenvalue weighted by atomic mass is 19.1. The molecule has 0 aliphatic carbocycles. The number of hydrogen-bond acceptors (Lipinski definition) is 6. The Kier molecular flexibility index (Phi) is 4.53. The summed E-state index contributed by atoms with van der Waals surface area (Å²) in [5.41, 5.74) is 0.0376. The highest BCUT2D eigenvalue weighted by molar-refractivity contribution is 5.97. The average molecular weight is 400 g/mol. The molecule has 3 aromatic rings. The Labute approximate surface area is 163 Å². The van der Waals surface area contributed by atoms with Crippen molar-refractivity contribution in [2.24, 2.45) is 0 Å². The second kappa shape index (κ2) is 7.04. The molecule has 1 fully saturated rings. The largest absolute Gasteiger partial charge is 0.476 e. The molecular formula is C19H17FN4O5. The van der Waals surface area contributed by atoms with Gasteiger partial charge in [-0.3, -0.25) is 9.59 Å². The van der Waals surface area contributed by atoms with E-state index in [9.17, 15) is 18.8 Å². The van der Waals surface area contributed by atoms with Gasteiger partial charge in [-0.2, -0.15) is 4.98 Å². The van der Waals surface area contributed by atoms with Crippen LogP contribution in [0.5, 0.6) is 0 Å². The number of carbonyl (C=O) groups excluding carboxylic acids is 1. The van der Waals surface area contributed by atoms with Crippen LogP contribution in [-0.4, -0.2) is 58.0 Å². The number of halogens is 1. The van der Waals surface area contributed by atoms with E-state index in [2.05, 4.69) is 9.97 Å². The van der Waals surface area contributed by atoms with Gasteiger partial charge >= 0.3 is 5.97 Å². The van der Waals surface area contributed by atoms with E-state index in [4.69, 9.17) is 9.52 Å². The molecule has 0 spiro atoms. The van der Waals surface area contributed by atoms with E-state index in [1.165, 1.54) is 23.2 Å². The molecule has 2 N–H and O–H groups in total. The Morgan fingerprint density at radius 2 is 1.97 bits per heavy atom. The van der Waals surface area contributed by atoms with Crippen molar-refractivity contribution in [2.45, 2.75) is 6.92 Å². The normalized spacial score (nSPS) is 14.4. The zero-order chi connectivity index (χ0) is 20.7. The van der Waals surface area contributed by atoms with E-state index in [1.54, 1.807) is 11.8 Å². The molecule has 29 heavy (non-hydrogen) atoms. The third-order valence-electron chi connectivity index (χ3n) is 5.03. The molecule has 0 unspecified atom stereocenters. The van der Waals surface area contributed by atoms with Gasteiger partial charge in [0.25, 0.3) is 11.9 Å². The van der Waals surface area contributed by atoms with Crippen LogP contribution in [0.25, 0.3) is 10.9 Å². The number of benzene rings is 1. The smallest absolute Gasteiger partial charge is 0.357 e. The number of carboxylic acids is 1. The predicted octanol–water partition coefficient (Wildman–Crippen LogP) is 1.62. The fourth-order valence-corrected chi connectivity index (χ4v) is 3.35. The van der Waals surface area contributed by atoms with Gasteiger partial charge in [0.05, 0.1) is 5.52 Å². The van der Waals surface area contributed by atoms with Crippen LogP contribution in [0.15, 0.2) is 33.8 Å². The molecule has 150 valence electrons. The maximum Gasteiger partial charge on any atom is 0.357 e. The summed E-state index contributed by atoms with van der Waals surface area (Å²) in [6, 6.07) is 2.76. The SMILES string of the molecule is Cc1c(F)ccc2c(=O)c(C(=O)N3CCN(c4nc(C(=O)O)co4)CC3)c[nH]c12. The van der Waals surface area contributed by atoms with Crippen LogP contribution >= 0.6 is 0 Å². The van der Waals surface area contributed by atoms with Crippen molar-refractivity contribution in [3.05, 3.63) is 57.5 Å². The average Bonchev–Trinajstić information content (AvgIpc) is 3.21. The number of amides is 1. The number of hydrogen-bond donors (Lipinski definition) is 2. The molecule has 1 saturated heterocycles. The van der Waals surface area contributed by atoms with Crippen molar-refractivity contribution >= 4 is 28.8 Å². The van der Waals surface area contributed by atoms with Crippen molar-refractivity contribution in [2.75, 3.05) is 31.1 Å². The number of nitrogens with zero attached hydrogens (tertiary/aromatic N) is 3. The number of aromatic amines is 1. The topological polar surface area (TPSA) is 120 Å². The van der Waals surface area contributed by atoms with Crippen LogP contribution in [-0.2, 0) is 0 Å². The molecule has 0 radical (unpaired) electrons. The van der Waals surface area contributed by atoms with Crippen LogP contribution in [0.2, 0.25) is 0 Å². The van der Waals surface area contributed by atoms with Crippen molar-refractivity contribution < 1.29 is 23.5 Å². The van der Waals surface area contributed by atoms with E-state index >= 15 is 0 Å². The number of aromatic carboxylic acids is 1. The molecule has 0 atom stereocenters. The summed E-state index contributed by atoms with van der Waals surface area (Å²) in [5.74, 6) is -2.03. The lowest BCUT2D eigenvalue weighted by Gasteiger charge is -2.33. The Bertz CT molecular complexity index is 1180. The number of H-pyrrole nitrogens is 1. The maximum absolute atomic E-state index is 13.7. The van der Waals surface area contributed by atoms with Gasteiger partial charge in [-0.05, 0) is 19.1 Å². The van der Waals surface area contributed by atoms with Gasteiger partial charge in [-0.25, -0.2) is 9.18 Å². The highest BCUT2D eigenvalue weighted by Crippen LogP contribution is 2.19. The second-order valence-corrected chi connectivity index (χ2v) is 6.73. The molecule has 0 bridgehead atoms. The first-order valence-corrected chi connectivity index (χ1v) is 8.90. The molecule has 10 heteroatoms. The molecule has 1 amide bonds. The first-order chi connectivity index (χ1) is 13.9. The fraction of sp³-hybridized carbons (Fsp3) is 0.263. The zero-order valence-electron chi connectivity index (χ0n) is 15.4. The highest BCUT2D eigenvalue weighted by Gasteiger charge is 2.27. The van der Waals surface area contributed by atoms with Crippen molar-refractivity contribution in [1.82, 2.24) is 14.9 Å². The van der Waals surface area contributed by atoms with Gasteiger partial charge in [-0.15, -0.1) is 0 Å². The third-order valence-corrected chi connectivity index (χ3v) is 5.03. The minimum Gasteiger partial charge on any atom is -0.476 e. The number of carboxylic acid groups (broad SMARTS) is 1. The molecule has 1 aliphatic rings. The zero-order valence-corrected chi connectivity index (χ0v) is 15.4. The van der Waals surface area contributed by atoms with Crippen molar-refractivity contribution in [3.63, 3.8) is 0 Å². The minimum atomic E-state index is -1.18. The number of oxazole rings is 1. The summed E-state index contributed by atoms with van der Waals surface area (Å²) < 4.78 is 18.9. The number of rotatable bonds is 3. The number of piperazine rings is 1. The monoisotopic (exact) mass is 400 g/mol. The summed E-state index contributed by atoms with van der Waals surface area (Å²) in [7, 11) is 0. The quantitative estimate of drug-likeness (QED) is 0.686. The van der Waals surface area contributed by atoms with Gasteiger partial charge in [-0.1, -0.05) is 0 Å². The van der Waals surface area contributed by atoms with Crippen molar-refractivity contribution in [1.29, 1.82) is 0 Å². The van der Waals surface area contributed by atoms with E-state index in [1.807, 2.05) is 0 Å². The van der Waals surface area contributed by atoms with Gasteiger partial charge in [0.2, 0.25) is 5.43 Å². The summed E-state index contributed by atoms with van der Waals surface area (Å²) in [5, 5.41) is 9.18. The van der Waals surface area contributed by atoms with Crippen molar-refractivity contribution in [3.8, 4) is 0 Å². The number of fused-ring (bicyclic) bond motifs is 1. The number of aryl methyl sites for hydroxylation is 1. The van der Waals surface area contributed by atoms with E-state index in [0.717, 1.165) is 6.26 Å². The van der Waals surface area contributed by atoms with E-state index in [-0.39, 0.29) is 22.7 Å². The van der Waals surface area contributed by atoms with Crippen LogP contribution < -0.4 is 10.3 Å². The summed E-state index contributed by atoms with van der Waals surface area (Å²) >= 11 is 0. The molecular weight excluding hydrogens is 383 g/mol. The lowest BCUT2D eigenvalue weighted by molar-refractivity contribution is 0.0689. The maximum atomic E-state index is 13.7. The first-order valence-electron chi connectivity index (χ1n) is 8.90. The lowest BCUT2D eigenvalue weighted by Crippen LogP contribution is -2.49. The molecule has 2 aromatic heterocycles. The Hall–Kier alpha value is -3.69. The fourth-order valence-electron chi connectivity index (χ4n) is 3.35. The molecule has 0 saturated carbocycles. The van der Waals surface area contributed by atoms with Crippen LogP contribution in [0.3, 0.4) is 0 Å². The van der Waals surface area contributed by atoms with Crippen LogP contribution in [0, 0.1) is 12.7 Å². The number of nitrogens with one attached hydrogen (secondary N) is 1. The number of anilines is 1. The van der Waals surface area contributed by atoms with Gasteiger partial charge < -0.3 is 24.3 Å². The lowest BCUT2D eigenvalue weighted by atomic mass is 10.1. The molecule has 1 aromatic carbocycles. The standard InChI is InChI=1S/C19H17FN4O5/c1-10-13(20)3-2-11-15(10)21-8-12(16(11)25)17(26)23-4-6-24(7-5-23)19-22-14(9-29-19)18(27)28/h2-3,8-9H,4-7H2,1H3,(H,21,25)(H,27,28). The van der Waals surface area contributed by atoms with E-state index in [0.29, 0.717) is 37.3 Å². The Morgan fingerprint density at radius 1 is 1.24 bits per heavy atom. The predicted molar refractivity (Wildman–Crippen MR) is 101 cm³/mol. The first kappa shape index (κ1) is 18.7. The number of carbonyl (C=O) groups is 2. The third kappa shape index (κ3) is 3.22. The van der Waals surface area contributed by atoms with E-state index < -0.39 is 23.1 Å². The van der Waals surface area contributed by atoms with Gasteiger partial charge in [0.15, 0.2) is 5.69 Å². The number of pyridine rings is 1. The summed E-state index contributed by atoms with van der Waals surface area (Å²) in [4.78, 5) is 46.5. The molecule has 3 heterocycles. The summed E-state index contributed by atoms with van der Waals surface area (Å²) in [6.45, 7) is 2.93. The van der Waals surface area contributed by atoms with Gasteiger partial charge in [0, 0.05) is 43.3 Å². The molecule has 4 rings (SSSR count). The Balaban J connectivity index is 1.52. The summed E-state index contributed by atoms with van der Waals surface area (Å²) in [6.07, 6.45) is 2.38. The molecule has 1 aliphatic heterocycles. The second-order valence-electron chi connectivity index (χ2n) is 6.73. The minimum absolute atomic E-state index is 0.0127. The number of aromatic nitrogens is 2. The Morgan fingerprint density at radius 3 is 2.62 bits per heavy atom. The van der Waals surface area contributed by atoms with Crippen LogP contribution in [0.1, 0.15) is 26.4 Å². The molecule has 9 nitrogen and oxygen atoms in total.